The summed E-state index contributed by atoms with van der Waals surface area (Å²) in [6, 6.07) is 10.6. The third kappa shape index (κ3) is 3.44. The molecule has 0 fully saturated rings. The Morgan fingerprint density at radius 2 is 2.07 bits per heavy atom. The topological polar surface area (TPSA) is 107 Å². The first-order valence-electron chi connectivity index (χ1n) is 7.98. The van der Waals surface area contributed by atoms with Crippen molar-refractivity contribution in [2.45, 2.75) is 13.2 Å². The molecule has 0 aliphatic heterocycles. The Balaban J connectivity index is 1.64. The summed E-state index contributed by atoms with van der Waals surface area (Å²) >= 11 is 0.991. The van der Waals surface area contributed by atoms with Gasteiger partial charge in [0.05, 0.1) is 18.1 Å². The van der Waals surface area contributed by atoms with Crippen molar-refractivity contribution in [1.29, 1.82) is 0 Å². The monoisotopic (exact) mass is 383 g/mol. The van der Waals surface area contributed by atoms with E-state index in [1.807, 2.05) is 30.3 Å². The number of thiophene rings is 1. The minimum atomic E-state index is -0.621. The van der Waals surface area contributed by atoms with E-state index in [2.05, 4.69) is 9.97 Å². The Kier molecular flexibility index (Phi) is 4.43. The van der Waals surface area contributed by atoms with Crippen LogP contribution >= 0.6 is 11.3 Å². The second-order valence-electron chi connectivity index (χ2n) is 5.66. The second-order valence-corrected chi connectivity index (χ2v) is 6.71. The Morgan fingerprint density at radius 3 is 2.81 bits per heavy atom. The molecule has 3 aromatic heterocycles. The predicted octanol–water partition coefficient (Wildman–Crippen LogP) is 2.14. The normalized spacial score (nSPS) is 11.0. The Labute approximate surface area is 155 Å². The Morgan fingerprint density at radius 1 is 1.26 bits per heavy atom. The molecule has 8 nitrogen and oxygen atoms in total. The zero-order valence-corrected chi connectivity index (χ0v) is 14.7. The van der Waals surface area contributed by atoms with Crippen LogP contribution in [-0.4, -0.2) is 20.5 Å². The summed E-state index contributed by atoms with van der Waals surface area (Å²) in [5.74, 6) is -0.354. The van der Waals surface area contributed by atoms with Crippen LogP contribution in [0.25, 0.3) is 10.2 Å². The molecule has 136 valence electrons. The molecule has 0 amide bonds. The van der Waals surface area contributed by atoms with Gasteiger partial charge in [-0.05, 0) is 11.6 Å². The summed E-state index contributed by atoms with van der Waals surface area (Å²) in [6.45, 7) is 0.0274. The van der Waals surface area contributed by atoms with E-state index in [0.717, 1.165) is 21.5 Å². The molecule has 0 saturated heterocycles. The molecule has 1 aromatic carbocycles. The Bertz CT molecular complexity index is 1210. The van der Waals surface area contributed by atoms with Gasteiger partial charge in [0.25, 0.3) is 5.56 Å². The van der Waals surface area contributed by atoms with Gasteiger partial charge in [0.1, 0.15) is 16.0 Å². The number of hydrogen-bond acceptors (Lipinski definition) is 7. The number of ether oxygens (including phenoxy) is 1. The second kappa shape index (κ2) is 7.04. The minimum absolute atomic E-state index is 0.116. The molecule has 27 heavy (non-hydrogen) atoms. The third-order valence-corrected chi connectivity index (χ3v) is 4.90. The van der Waals surface area contributed by atoms with Crippen molar-refractivity contribution in [2.75, 3.05) is 0 Å². The zero-order chi connectivity index (χ0) is 18.8. The number of carbonyl (C=O) groups is 1. The number of esters is 1. The number of oxazole rings is 1. The van der Waals surface area contributed by atoms with Gasteiger partial charge in [-0.2, -0.15) is 0 Å². The smallest absolute Gasteiger partial charge is 0.348 e. The van der Waals surface area contributed by atoms with Gasteiger partial charge in [-0.25, -0.2) is 14.6 Å². The number of hydrogen-bond donors (Lipinski definition) is 1. The minimum Gasteiger partial charge on any atom is -0.451 e. The van der Waals surface area contributed by atoms with Crippen LogP contribution in [0.15, 0.2) is 62.9 Å². The fourth-order valence-electron chi connectivity index (χ4n) is 2.58. The number of nitrogens with zero attached hydrogens (tertiary/aromatic N) is 2. The third-order valence-electron chi connectivity index (χ3n) is 3.87. The van der Waals surface area contributed by atoms with Gasteiger partial charge < -0.3 is 9.15 Å². The Hall–Kier alpha value is -3.46. The summed E-state index contributed by atoms with van der Waals surface area (Å²) in [7, 11) is 0. The number of benzene rings is 1. The van der Waals surface area contributed by atoms with E-state index in [0.29, 0.717) is 4.83 Å². The van der Waals surface area contributed by atoms with Crippen LogP contribution in [0.3, 0.4) is 0 Å². The molecule has 0 spiro atoms. The van der Waals surface area contributed by atoms with Gasteiger partial charge in [0.2, 0.25) is 5.89 Å². The maximum atomic E-state index is 12.7. The largest absolute Gasteiger partial charge is 0.451 e. The molecular weight excluding hydrogens is 370 g/mol. The quantitative estimate of drug-likeness (QED) is 0.529. The first-order valence-corrected chi connectivity index (χ1v) is 8.79. The molecule has 0 bridgehead atoms. The molecule has 4 aromatic rings. The standard InChI is InChI=1S/C18H13N3O5S/c22-16-12-8-13(17(23)26-10-14-19-6-7-25-14)27-15(12)20-18(24)21(16)9-11-4-2-1-3-5-11/h1-8H,9-10H2,(H,20,24). The lowest BCUT2D eigenvalue weighted by Crippen LogP contribution is -2.34. The molecule has 0 aliphatic carbocycles. The number of fused-ring (bicyclic) bond motifs is 1. The summed E-state index contributed by atoms with van der Waals surface area (Å²) in [6.07, 6.45) is 2.82. The van der Waals surface area contributed by atoms with Crippen LogP contribution < -0.4 is 11.2 Å². The van der Waals surface area contributed by atoms with Crippen molar-refractivity contribution in [1.82, 2.24) is 14.5 Å². The van der Waals surface area contributed by atoms with Gasteiger partial charge in [-0.3, -0.25) is 14.3 Å². The number of rotatable bonds is 5. The molecule has 0 unspecified atom stereocenters. The van der Waals surface area contributed by atoms with E-state index in [9.17, 15) is 14.4 Å². The van der Waals surface area contributed by atoms with E-state index in [-0.39, 0.29) is 29.3 Å². The molecule has 0 radical (unpaired) electrons. The lowest BCUT2D eigenvalue weighted by Gasteiger charge is -2.04. The molecule has 1 N–H and O–H groups in total. The van der Waals surface area contributed by atoms with Crippen LogP contribution in [-0.2, 0) is 17.9 Å². The van der Waals surface area contributed by atoms with Crippen LogP contribution in [0.4, 0.5) is 0 Å². The molecule has 3 heterocycles. The maximum Gasteiger partial charge on any atom is 0.348 e. The molecule has 0 atom stereocenters. The van der Waals surface area contributed by atoms with Crippen molar-refractivity contribution in [3.8, 4) is 0 Å². The van der Waals surface area contributed by atoms with Crippen LogP contribution in [0.2, 0.25) is 0 Å². The average molecular weight is 383 g/mol. The molecule has 0 saturated carbocycles. The highest BCUT2D eigenvalue weighted by Gasteiger charge is 2.17. The van der Waals surface area contributed by atoms with E-state index in [4.69, 9.17) is 9.15 Å². The number of nitrogens with one attached hydrogen (secondary N) is 1. The van der Waals surface area contributed by atoms with Crippen molar-refractivity contribution in [3.05, 3.63) is 86.0 Å². The number of carbonyl (C=O) groups excluding carboxylic acids is 1. The first kappa shape index (κ1) is 17.0. The van der Waals surface area contributed by atoms with E-state index >= 15 is 0 Å². The number of aromatic nitrogens is 3. The summed E-state index contributed by atoms with van der Waals surface area (Å²) in [4.78, 5) is 44.3. The van der Waals surface area contributed by atoms with E-state index in [1.54, 1.807) is 0 Å². The van der Waals surface area contributed by atoms with E-state index in [1.165, 1.54) is 18.5 Å². The van der Waals surface area contributed by atoms with Gasteiger partial charge in [-0.15, -0.1) is 11.3 Å². The van der Waals surface area contributed by atoms with Crippen molar-refractivity contribution >= 4 is 27.5 Å². The molecule has 0 aliphatic rings. The summed E-state index contributed by atoms with van der Waals surface area (Å²) in [5.41, 5.74) is -0.163. The SMILES string of the molecule is O=C(OCc1ncco1)c1cc2c(=O)n(Cc3ccccc3)c(=O)[nH]c2s1. The molecule has 9 heteroatoms. The zero-order valence-electron chi connectivity index (χ0n) is 13.9. The van der Waals surface area contributed by atoms with Gasteiger partial charge in [-0.1, -0.05) is 30.3 Å². The molecule has 4 rings (SSSR count). The summed E-state index contributed by atoms with van der Waals surface area (Å²) < 4.78 is 11.2. The van der Waals surface area contributed by atoms with Crippen molar-refractivity contribution in [3.63, 3.8) is 0 Å². The summed E-state index contributed by atoms with van der Waals surface area (Å²) in [5, 5.41) is 0.263. The van der Waals surface area contributed by atoms with Crippen LogP contribution in [0.1, 0.15) is 21.1 Å². The van der Waals surface area contributed by atoms with Crippen LogP contribution in [0.5, 0.6) is 0 Å². The molecular formula is C18H13N3O5S. The highest BCUT2D eigenvalue weighted by Crippen LogP contribution is 2.21. The van der Waals surface area contributed by atoms with Gasteiger partial charge in [0, 0.05) is 0 Å². The van der Waals surface area contributed by atoms with Gasteiger partial charge >= 0.3 is 11.7 Å². The van der Waals surface area contributed by atoms with Gasteiger partial charge in [0.15, 0.2) is 6.61 Å². The van der Waals surface area contributed by atoms with Crippen LogP contribution in [0, 0.1) is 0 Å². The fourth-order valence-corrected chi connectivity index (χ4v) is 3.51. The average Bonchev–Trinajstić information content (AvgIpc) is 3.34. The van der Waals surface area contributed by atoms with Crippen molar-refractivity contribution < 1.29 is 13.9 Å². The van der Waals surface area contributed by atoms with Crippen molar-refractivity contribution in [2.24, 2.45) is 0 Å². The number of aromatic amines is 1. The van der Waals surface area contributed by atoms with E-state index < -0.39 is 17.2 Å². The predicted molar refractivity (Wildman–Crippen MR) is 97.9 cm³/mol. The first-order chi connectivity index (χ1) is 13.1. The maximum absolute atomic E-state index is 12.7. The lowest BCUT2D eigenvalue weighted by atomic mass is 10.2. The highest BCUT2D eigenvalue weighted by molar-refractivity contribution is 7.20. The highest BCUT2D eigenvalue weighted by atomic mass is 32.1. The number of H-pyrrole nitrogens is 1. The fraction of sp³-hybridized carbons (Fsp3) is 0.111. The lowest BCUT2D eigenvalue weighted by molar-refractivity contribution is 0.0444.